The highest BCUT2D eigenvalue weighted by Gasteiger charge is 2.24. The number of anilines is 1. The molecule has 12 heteroatoms. The first kappa shape index (κ1) is 51.9. The van der Waals surface area contributed by atoms with Gasteiger partial charge in [-0.3, -0.25) is 0 Å². The topological polar surface area (TPSA) is 138 Å². The van der Waals surface area contributed by atoms with Crippen LogP contribution in [0.25, 0.3) is 10.2 Å². The van der Waals surface area contributed by atoms with E-state index in [9.17, 15) is 9.59 Å². The van der Waals surface area contributed by atoms with Crippen molar-refractivity contribution in [2.75, 3.05) is 65.7 Å². The SMILES string of the molecule is C=CC(=O)OCCCCCCOc1ccc(OC)cc1.CCCC1CCC(c2ccc(OCC3CCC(C=O)CC3)c(C=N)c2)CC1.COCCOCCNc1nc2ccccc2s1. The van der Waals surface area contributed by atoms with Crippen molar-refractivity contribution < 1.29 is 38.0 Å². The smallest absolute Gasteiger partial charge is 0.330 e. The normalized spacial score (nSPS) is 18.0. The van der Waals surface area contributed by atoms with Crippen LogP contribution in [0.3, 0.4) is 0 Å². The van der Waals surface area contributed by atoms with Crippen molar-refractivity contribution >= 4 is 45.2 Å². The predicted octanol–water partition coefficient (Wildman–Crippen LogP) is 11.9. The van der Waals surface area contributed by atoms with Gasteiger partial charge in [0.05, 0.1) is 57.0 Å². The minimum Gasteiger partial charge on any atom is -0.497 e. The molecule has 0 atom stereocenters. The zero-order chi connectivity index (χ0) is 45.6. The van der Waals surface area contributed by atoms with Crippen molar-refractivity contribution in [3.8, 4) is 17.2 Å². The molecule has 0 bridgehead atoms. The number of rotatable bonds is 25. The molecule has 0 amide bonds. The zero-order valence-corrected chi connectivity index (χ0v) is 39.4. The van der Waals surface area contributed by atoms with E-state index in [4.69, 9.17) is 33.8 Å². The van der Waals surface area contributed by atoms with Crippen LogP contribution in [0.15, 0.2) is 79.4 Å². The third-order valence-electron chi connectivity index (χ3n) is 11.8. The number of hydrogen-bond acceptors (Lipinski definition) is 12. The number of unbranched alkanes of at least 4 members (excludes halogenated alkanes) is 3. The van der Waals surface area contributed by atoms with E-state index in [1.807, 2.05) is 42.5 Å². The summed E-state index contributed by atoms with van der Waals surface area (Å²) in [7, 11) is 3.31. The molecule has 350 valence electrons. The van der Waals surface area contributed by atoms with Crippen LogP contribution >= 0.6 is 11.3 Å². The Balaban J connectivity index is 0.000000217. The molecule has 1 heterocycles. The van der Waals surface area contributed by atoms with E-state index >= 15 is 0 Å². The second-order valence-corrected chi connectivity index (χ2v) is 17.5. The zero-order valence-electron chi connectivity index (χ0n) is 38.6. The highest BCUT2D eigenvalue weighted by Crippen LogP contribution is 2.39. The number of hydrogen-bond donors (Lipinski definition) is 2. The van der Waals surface area contributed by atoms with E-state index in [0.29, 0.717) is 51.5 Å². The first-order valence-electron chi connectivity index (χ1n) is 23.3. The van der Waals surface area contributed by atoms with Gasteiger partial charge in [0.25, 0.3) is 0 Å². The summed E-state index contributed by atoms with van der Waals surface area (Å²) in [5.74, 6) is 4.52. The minimum atomic E-state index is -0.354. The average Bonchev–Trinajstić information content (AvgIpc) is 3.77. The third kappa shape index (κ3) is 19.5. The fraction of sp³-hybridized carbons (Fsp3) is 0.538. The third-order valence-corrected chi connectivity index (χ3v) is 12.8. The maximum absolute atomic E-state index is 10.9. The maximum atomic E-state index is 10.9. The molecule has 3 aromatic carbocycles. The fourth-order valence-electron chi connectivity index (χ4n) is 8.03. The van der Waals surface area contributed by atoms with Crippen molar-refractivity contribution in [2.45, 2.75) is 103 Å². The Morgan fingerprint density at radius 3 is 2.22 bits per heavy atom. The van der Waals surface area contributed by atoms with Crippen molar-refractivity contribution in [3.63, 3.8) is 0 Å². The lowest BCUT2D eigenvalue weighted by Crippen LogP contribution is -2.21. The van der Waals surface area contributed by atoms with Gasteiger partial charge in [0, 0.05) is 37.4 Å². The minimum absolute atomic E-state index is 0.255. The summed E-state index contributed by atoms with van der Waals surface area (Å²) in [5.41, 5.74) is 3.33. The van der Waals surface area contributed by atoms with Gasteiger partial charge < -0.3 is 43.9 Å². The van der Waals surface area contributed by atoms with Crippen LogP contribution < -0.4 is 19.5 Å². The van der Waals surface area contributed by atoms with Crippen LogP contribution in [0, 0.1) is 23.2 Å². The van der Waals surface area contributed by atoms with Crippen molar-refractivity contribution in [3.05, 3.63) is 90.5 Å². The van der Waals surface area contributed by atoms with E-state index in [1.165, 1.54) is 61.1 Å². The van der Waals surface area contributed by atoms with Gasteiger partial charge in [-0.05, 0) is 149 Å². The number of fused-ring (bicyclic) bond motifs is 1. The molecule has 0 radical (unpaired) electrons. The molecule has 2 fully saturated rings. The Kier molecular flexibility index (Phi) is 25.2. The van der Waals surface area contributed by atoms with Crippen molar-refractivity contribution in [1.82, 2.24) is 4.98 Å². The summed E-state index contributed by atoms with van der Waals surface area (Å²) in [5, 5.41) is 12.0. The predicted molar refractivity (Wildman–Crippen MR) is 260 cm³/mol. The molecule has 2 aliphatic carbocycles. The molecule has 2 N–H and O–H groups in total. The molecule has 11 nitrogen and oxygen atoms in total. The molecular formula is C52H73N3O8S. The number of benzene rings is 3. The van der Waals surface area contributed by atoms with E-state index < -0.39 is 0 Å². The lowest BCUT2D eigenvalue weighted by Gasteiger charge is -2.29. The second-order valence-electron chi connectivity index (χ2n) is 16.5. The van der Waals surface area contributed by atoms with Crippen molar-refractivity contribution in [2.24, 2.45) is 17.8 Å². The van der Waals surface area contributed by atoms with E-state index in [-0.39, 0.29) is 11.9 Å². The Labute approximate surface area is 386 Å². The van der Waals surface area contributed by atoms with Crippen LogP contribution in [0.1, 0.15) is 114 Å². The first-order chi connectivity index (χ1) is 31.4. The van der Waals surface area contributed by atoms with E-state index in [2.05, 4.69) is 48.1 Å². The molecule has 0 unspecified atom stereocenters. The molecule has 6 rings (SSSR count). The van der Waals surface area contributed by atoms with Crippen molar-refractivity contribution in [1.29, 1.82) is 5.41 Å². The van der Waals surface area contributed by atoms with Gasteiger partial charge in [0.15, 0.2) is 5.13 Å². The number of ether oxygens (including phenoxy) is 6. The van der Waals surface area contributed by atoms with Crippen LogP contribution in [0.4, 0.5) is 5.13 Å². The summed E-state index contributed by atoms with van der Waals surface area (Å²) in [6, 6.07) is 22.1. The fourth-order valence-corrected chi connectivity index (χ4v) is 8.92. The number of carbonyl (C=O) groups excluding carboxylic acids is 2. The summed E-state index contributed by atoms with van der Waals surface area (Å²) < 4.78 is 33.1. The number of para-hydroxylation sites is 1. The monoisotopic (exact) mass is 900 g/mol. The summed E-state index contributed by atoms with van der Waals surface area (Å²) in [6.45, 7) is 10.2. The van der Waals surface area contributed by atoms with Crippen LogP contribution in [-0.4, -0.2) is 83.9 Å². The van der Waals surface area contributed by atoms with Gasteiger partial charge in [-0.25, -0.2) is 9.78 Å². The summed E-state index contributed by atoms with van der Waals surface area (Å²) in [6.07, 6.45) is 19.7. The van der Waals surface area contributed by atoms with Gasteiger partial charge in [0.1, 0.15) is 23.5 Å². The van der Waals surface area contributed by atoms with Crippen LogP contribution in [0.5, 0.6) is 17.2 Å². The van der Waals surface area contributed by atoms with Gasteiger partial charge in [-0.15, -0.1) is 0 Å². The summed E-state index contributed by atoms with van der Waals surface area (Å²) in [4.78, 5) is 26.1. The van der Waals surface area contributed by atoms with Crippen LogP contribution in [0.2, 0.25) is 0 Å². The number of methoxy groups -OCH3 is 2. The molecule has 64 heavy (non-hydrogen) atoms. The number of nitrogens with zero attached hydrogens (tertiary/aromatic N) is 1. The average molecular weight is 900 g/mol. The molecule has 2 aliphatic rings. The Bertz CT molecular complexity index is 1870. The molecule has 4 aromatic rings. The molecular weight excluding hydrogens is 827 g/mol. The van der Waals surface area contributed by atoms with Gasteiger partial charge in [-0.1, -0.05) is 55.9 Å². The lowest BCUT2D eigenvalue weighted by molar-refractivity contribution is -0.137. The van der Waals surface area contributed by atoms with E-state index in [0.717, 1.165) is 104 Å². The highest BCUT2D eigenvalue weighted by atomic mass is 32.1. The molecule has 0 saturated heterocycles. The molecule has 0 aliphatic heterocycles. The Hall–Kier alpha value is -4.78. The number of esters is 1. The molecule has 0 spiro atoms. The Morgan fingerprint density at radius 1 is 0.828 bits per heavy atom. The lowest BCUT2D eigenvalue weighted by atomic mass is 9.77. The molecule has 2 saturated carbocycles. The maximum Gasteiger partial charge on any atom is 0.330 e. The van der Waals surface area contributed by atoms with Gasteiger partial charge in [0.2, 0.25) is 0 Å². The number of nitrogens with one attached hydrogen (secondary N) is 2. The number of carbonyl (C=O) groups is 2. The first-order valence-corrected chi connectivity index (χ1v) is 24.2. The van der Waals surface area contributed by atoms with Crippen LogP contribution in [-0.2, 0) is 23.8 Å². The molecule has 1 aromatic heterocycles. The van der Waals surface area contributed by atoms with Gasteiger partial charge in [-0.2, -0.15) is 0 Å². The standard InChI is InChI=1S/C24H35NO2.C16H22O4.C12H16N2O2S/c1-2-3-18-8-10-21(11-9-18)22-12-13-24(23(14-22)15-25)27-17-20-6-4-19(16-26)5-7-20;1-3-16(17)20-13-7-5-4-6-12-19-15-10-8-14(18-2)9-11-15;1-15-8-9-16-7-6-13-12-14-10-4-2-3-5-11(10)17-12/h12-16,18-21,25H,2-11,17H2,1H3;3,8-11H,1,4-7,12-13H2,2H3;2-5H,6-9H2,1H3,(H,13,14). The van der Waals surface area contributed by atoms with E-state index in [1.54, 1.807) is 25.6 Å². The largest absolute Gasteiger partial charge is 0.497 e. The number of aldehydes is 1. The second kappa shape index (κ2) is 31.2. The Morgan fingerprint density at radius 2 is 1.55 bits per heavy atom. The number of thiazole rings is 1. The highest BCUT2D eigenvalue weighted by molar-refractivity contribution is 7.22. The summed E-state index contributed by atoms with van der Waals surface area (Å²) >= 11 is 1.66. The number of aromatic nitrogens is 1. The quantitative estimate of drug-likeness (QED) is 0.0217. The van der Waals surface area contributed by atoms with Gasteiger partial charge >= 0.3 is 5.97 Å².